The van der Waals surface area contributed by atoms with E-state index in [2.05, 4.69) is 11.2 Å². The maximum atomic E-state index is 13.2. The van der Waals surface area contributed by atoms with Crippen LogP contribution in [-0.4, -0.2) is 51.1 Å². The minimum atomic E-state index is -4.75. The summed E-state index contributed by atoms with van der Waals surface area (Å²) in [4.78, 5) is 14.4. The molecule has 3 atom stereocenters. The van der Waals surface area contributed by atoms with E-state index in [9.17, 15) is 23.1 Å². The number of carbonyl (C=O) groups is 1. The second kappa shape index (κ2) is 7.82. The predicted octanol–water partition coefficient (Wildman–Crippen LogP) is 4.00. The van der Waals surface area contributed by atoms with E-state index in [0.717, 1.165) is 27.4 Å². The minimum Gasteiger partial charge on any atom is -0.382 e. The summed E-state index contributed by atoms with van der Waals surface area (Å²) < 4.78 is 40.4. The van der Waals surface area contributed by atoms with Gasteiger partial charge in [-0.2, -0.15) is 18.3 Å². The first kappa shape index (κ1) is 21.6. The number of alkyl halides is 3. The predicted molar refractivity (Wildman–Crippen MR) is 110 cm³/mol. The highest BCUT2D eigenvalue weighted by atomic mass is 19.4. The van der Waals surface area contributed by atoms with Crippen LogP contribution in [0.25, 0.3) is 11.8 Å². The summed E-state index contributed by atoms with van der Waals surface area (Å²) in [7, 11) is 0. The Balaban J connectivity index is 1.60. The average molecular weight is 433 g/mol. The average Bonchev–Trinajstić information content (AvgIpc) is 3.28. The first-order chi connectivity index (χ1) is 14.6. The molecule has 8 heteroatoms. The van der Waals surface area contributed by atoms with Crippen molar-refractivity contribution in [1.29, 1.82) is 0 Å². The van der Waals surface area contributed by atoms with E-state index < -0.39 is 30.2 Å². The van der Waals surface area contributed by atoms with Gasteiger partial charge in [-0.1, -0.05) is 30.7 Å². The molecule has 4 rings (SSSR count). The molecule has 31 heavy (non-hydrogen) atoms. The molecule has 1 N–H and O–H groups in total. The molecule has 1 heterocycles. The number of aromatic nitrogens is 2. The number of carbonyl (C=O) groups excluding carboxylic acids is 1. The van der Waals surface area contributed by atoms with Gasteiger partial charge in [-0.3, -0.25) is 4.79 Å². The summed E-state index contributed by atoms with van der Waals surface area (Å²) in [6.45, 7) is 3.04. The van der Waals surface area contributed by atoms with Crippen LogP contribution in [0.1, 0.15) is 37.9 Å². The number of nitrogens with zero attached hydrogens (tertiary/aromatic N) is 3. The fourth-order valence-electron chi connectivity index (χ4n) is 4.92. The van der Waals surface area contributed by atoms with Crippen LogP contribution in [0, 0.1) is 11.3 Å². The number of rotatable bonds is 5. The van der Waals surface area contributed by atoms with E-state index >= 15 is 0 Å². The number of fused-ring (bicyclic) bond motifs is 2. The highest BCUT2D eigenvalue weighted by molar-refractivity contribution is 5.82. The van der Waals surface area contributed by atoms with Crippen molar-refractivity contribution in [3.05, 3.63) is 53.4 Å². The smallest absolute Gasteiger partial charge is 0.382 e. The number of halogens is 3. The van der Waals surface area contributed by atoms with Crippen LogP contribution in [0.4, 0.5) is 13.2 Å². The number of hydrogen-bond donors (Lipinski definition) is 1. The molecule has 1 aromatic carbocycles. The lowest BCUT2D eigenvalue weighted by atomic mass is 9.69. The second-order valence-corrected chi connectivity index (χ2v) is 8.59. The van der Waals surface area contributed by atoms with Crippen LogP contribution in [0.5, 0.6) is 0 Å². The minimum absolute atomic E-state index is 0.120. The Morgan fingerprint density at radius 3 is 2.71 bits per heavy atom. The Bertz CT molecular complexity index is 999. The molecule has 166 valence electrons. The van der Waals surface area contributed by atoms with Crippen LogP contribution in [0.2, 0.25) is 0 Å². The number of benzene rings is 1. The van der Waals surface area contributed by atoms with E-state index in [1.165, 1.54) is 0 Å². The molecule has 5 nitrogen and oxygen atoms in total. The fourth-order valence-corrected chi connectivity index (χ4v) is 4.92. The van der Waals surface area contributed by atoms with Gasteiger partial charge in [0, 0.05) is 17.9 Å². The maximum absolute atomic E-state index is 13.2. The quantitative estimate of drug-likeness (QED) is 0.776. The Morgan fingerprint density at radius 2 is 2.06 bits per heavy atom. The summed E-state index contributed by atoms with van der Waals surface area (Å²) in [5, 5.41) is 14.0. The highest BCUT2D eigenvalue weighted by Crippen LogP contribution is 2.53. The van der Waals surface area contributed by atoms with Crippen LogP contribution >= 0.6 is 0 Å². The molecule has 0 saturated heterocycles. The number of amides is 1. The van der Waals surface area contributed by atoms with Gasteiger partial charge in [0.1, 0.15) is 0 Å². The largest absolute Gasteiger partial charge is 0.416 e. The fraction of sp³-hybridized carbons (Fsp3) is 0.478. The monoisotopic (exact) mass is 433 g/mol. The van der Waals surface area contributed by atoms with Crippen molar-refractivity contribution in [2.75, 3.05) is 13.1 Å². The molecule has 2 aliphatic rings. The first-order valence-corrected chi connectivity index (χ1v) is 10.5. The molecule has 0 radical (unpaired) electrons. The first-order valence-electron chi connectivity index (χ1n) is 10.5. The van der Waals surface area contributed by atoms with Gasteiger partial charge in [-0.25, -0.2) is 4.68 Å². The molecule has 1 amide bonds. The van der Waals surface area contributed by atoms with Crippen molar-refractivity contribution in [3.63, 3.8) is 0 Å². The molecule has 0 aliphatic heterocycles. The van der Waals surface area contributed by atoms with Gasteiger partial charge in [0.25, 0.3) is 0 Å². The summed E-state index contributed by atoms with van der Waals surface area (Å²) in [5.74, 6) is -0.747. The van der Waals surface area contributed by atoms with Gasteiger partial charge in [0.05, 0.1) is 24.1 Å². The third-order valence-electron chi connectivity index (χ3n) is 6.72. The molecular weight excluding hydrogens is 407 g/mol. The van der Waals surface area contributed by atoms with E-state index in [-0.39, 0.29) is 12.5 Å². The van der Waals surface area contributed by atoms with Crippen molar-refractivity contribution in [2.24, 2.45) is 11.3 Å². The van der Waals surface area contributed by atoms with Gasteiger partial charge < -0.3 is 10.0 Å². The standard InChI is InChI=1S/C23H26F3N3O2/c1-3-28(14-20(30)23(24,25)26)21(31)18-10-9-16-11-19-15(12-22(16,18)2)13-27-29(19)17-7-5-4-6-8-17/h4-8,11,13,18,20,30H,3,9-10,12,14H2,1-2H3/t18-,20?,22+/m1/s1. The SMILES string of the molecule is CCN(CC(O)C(F)(F)F)C(=O)[C@H]1CCC2=Cc3c(cnn3-c3ccccc3)C[C@@]21C. The molecular formula is C23H26F3N3O2. The van der Waals surface area contributed by atoms with Crippen LogP contribution in [0.3, 0.4) is 0 Å². The van der Waals surface area contributed by atoms with Crippen LogP contribution < -0.4 is 0 Å². The van der Waals surface area contributed by atoms with E-state index in [1.807, 2.05) is 48.1 Å². The summed E-state index contributed by atoms with van der Waals surface area (Å²) in [6.07, 6.45) is -1.48. The Hall–Kier alpha value is -2.61. The van der Waals surface area contributed by atoms with Gasteiger partial charge in [0.2, 0.25) is 5.91 Å². The third kappa shape index (κ3) is 3.78. The zero-order valence-corrected chi connectivity index (χ0v) is 17.6. The number of aliphatic hydroxyl groups excluding tert-OH is 1. The normalized spacial score (nSPS) is 23.7. The van der Waals surface area contributed by atoms with Crippen molar-refractivity contribution < 1.29 is 23.1 Å². The summed E-state index contributed by atoms with van der Waals surface area (Å²) >= 11 is 0. The summed E-state index contributed by atoms with van der Waals surface area (Å²) in [5.41, 5.74) is 3.63. The molecule has 2 aromatic rings. The van der Waals surface area contributed by atoms with Gasteiger partial charge in [-0.15, -0.1) is 0 Å². The Morgan fingerprint density at radius 1 is 1.35 bits per heavy atom. The van der Waals surface area contributed by atoms with Gasteiger partial charge in [0.15, 0.2) is 6.10 Å². The summed E-state index contributed by atoms with van der Waals surface area (Å²) in [6, 6.07) is 9.79. The number of aliphatic hydroxyl groups is 1. The number of allylic oxidation sites excluding steroid dienone is 1. The molecule has 2 aliphatic carbocycles. The molecule has 0 spiro atoms. The van der Waals surface area contributed by atoms with E-state index in [0.29, 0.717) is 19.3 Å². The van der Waals surface area contributed by atoms with Crippen molar-refractivity contribution in [1.82, 2.24) is 14.7 Å². The Kier molecular flexibility index (Phi) is 5.45. The lowest BCUT2D eigenvalue weighted by Crippen LogP contribution is -2.48. The molecule has 0 bridgehead atoms. The van der Waals surface area contributed by atoms with Crippen molar-refractivity contribution >= 4 is 12.0 Å². The lowest BCUT2D eigenvalue weighted by molar-refractivity contribution is -0.208. The number of para-hydroxylation sites is 1. The maximum Gasteiger partial charge on any atom is 0.416 e. The van der Waals surface area contributed by atoms with E-state index in [4.69, 9.17) is 0 Å². The highest BCUT2D eigenvalue weighted by Gasteiger charge is 2.50. The number of hydrogen-bond acceptors (Lipinski definition) is 3. The van der Waals surface area contributed by atoms with Gasteiger partial charge >= 0.3 is 6.18 Å². The van der Waals surface area contributed by atoms with Crippen molar-refractivity contribution in [3.8, 4) is 5.69 Å². The lowest BCUT2D eigenvalue weighted by Gasteiger charge is -2.38. The third-order valence-corrected chi connectivity index (χ3v) is 6.72. The zero-order chi connectivity index (χ0) is 22.4. The zero-order valence-electron chi connectivity index (χ0n) is 17.6. The second-order valence-electron chi connectivity index (χ2n) is 8.59. The Labute approximate surface area is 179 Å². The van der Waals surface area contributed by atoms with Gasteiger partial charge in [-0.05, 0) is 50.0 Å². The molecule has 1 aromatic heterocycles. The van der Waals surface area contributed by atoms with E-state index in [1.54, 1.807) is 6.92 Å². The topological polar surface area (TPSA) is 58.4 Å². The molecule has 1 saturated carbocycles. The number of likely N-dealkylation sites (N-methyl/N-ethyl adjacent to an activating group) is 1. The van der Waals surface area contributed by atoms with Crippen molar-refractivity contribution in [2.45, 2.75) is 45.4 Å². The van der Waals surface area contributed by atoms with Crippen LogP contribution in [0.15, 0.2) is 42.1 Å². The molecule has 1 fully saturated rings. The molecule has 1 unspecified atom stereocenters. The van der Waals surface area contributed by atoms with Crippen LogP contribution in [-0.2, 0) is 11.2 Å².